The zero-order valence-corrected chi connectivity index (χ0v) is 14.2. The van der Waals surface area contributed by atoms with Crippen LogP contribution in [0, 0.1) is 20.8 Å². The smallest absolute Gasteiger partial charge is 0.244 e. The number of benzene rings is 2. The second-order valence-electron chi connectivity index (χ2n) is 5.95. The molecule has 122 valence electrons. The van der Waals surface area contributed by atoms with E-state index in [9.17, 15) is 0 Å². The molecule has 0 unspecified atom stereocenters. The summed E-state index contributed by atoms with van der Waals surface area (Å²) < 4.78 is 0. The van der Waals surface area contributed by atoms with Gasteiger partial charge in [0.25, 0.3) is 0 Å². The molecule has 0 atom stereocenters. The average Bonchev–Trinajstić information content (AvgIpc) is 2.57. The van der Waals surface area contributed by atoms with Gasteiger partial charge in [-0.2, -0.15) is 10.1 Å². The molecule has 2 aromatic carbocycles. The number of rotatable bonds is 5. The van der Waals surface area contributed by atoms with Gasteiger partial charge in [0.1, 0.15) is 0 Å². The fraction of sp³-hybridized carbons (Fsp3) is 0.211. The van der Waals surface area contributed by atoms with E-state index >= 15 is 0 Å². The Morgan fingerprint density at radius 2 is 1.67 bits per heavy atom. The lowest BCUT2D eigenvalue weighted by atomic mass is 10.1. The third-order valence-corrected chi connectivity index (χ3v) is 3.77. The maximum Gasteiger partial charge on any atom is 0.244 e. The summed E-state index contributed by atoms with van der Waals surface area (Å²) in [6, 6.07) is 14.6. The first-order valence-corrected chi connectivity index (χ1v) is 7.93. The molecule has 0 saturated heterocycles. The summed E-state index contributed by atoms with van der Waals surface area (Å²) in [6.07, 6.45) is 1.62. The van der Waals surface area contributed by atoms with Crippen molar-refractivity contribution in [1.29, 1.82) is 0 Å². The summed E-state index contributed by atoms with van der Waals surface area (Å²) >= 11 is 0. The Morgan fingerprint density at radius 1 is 0.917 bits per heavy atom. The summed E-state index contributed by atoms with van der Waals surface area (Å²) in [6.45, 7) is 6.89. The van der Waals surface area contributed by atoms with Gasteiger partial charge in [-0.15, -0.1) is 5.10 Å². The first kappa shape index (κ1) is 15.9. The van der Waals surface area contributed by atoms with E-state index in [1.165, 1.54) is 22.3 Å². The number of aromatic nitrogens is 3. The molecule has 0 aliphatic rings. The van der Waals surface area contributed by atoms with E-state index in [-0.39, 0.29) is 0 Å². The number of hydrogen-bond acceptors (Lipinski definition) is 5. The van der Waals surface area contributed by atoms with Gasteiger partial charge in [-0.1, -0.05) is 47.5 Å². The van der Waals surface area contributed by atoms with Crippen molar-refractivity contribution in [2.75, 3.05) is 10.6 Å². The molecule has 5 heteroatoms. The molecular formula is C19H21N5. The summed E-state index contributed by atoms with van der Waals surface area (Å²) in [5, 5.41) is 14.6. The van der Waals surface area contributed by atoms with Crippen LogP contribution in [0.3, 0.4) is 0 Å². The summed E-state index contributed by atoms with van der Waals surface area (Å²) in [4.78, 5) is 4.47. The van der Waals surface area contributed by atoms with Crippen LogP contribution < -0.4 is 10.6 Å². The van der Waals surface area contributed by atoms with Crippen molar-refractivity contribution in [2.45, 2.75) is 27.3 Å². The van der Waals surface area contributed by atoms with Gasteiger partial charge in [-0.25, -0.2) is 0 Å². The highest BCUT2D eigenvalue weighted by molar-refractivity contribution is 5.60. The van der Waals surface area contributed by atoms with Crippen LogP contribution in [-0.2, 0) is 6.54 Å². The predicted octanol–water partition coefficient (Wildman–Crippen LogP) is 4.15. The van der Waals surface area contributed by atoms with Crippen LogP contribution in [0.4, 0.5) is 17.5 Å². The molecule has 3 aromatic rings. The molecule has 1 heterocycles. The minimum absolute atomic E-state index is 0.505. The summed E-state index contributed by atoms with van der Waals surface area (Å²) in [7, 11) is 0. The number of nitrogens with zero attached hydrogens (tertiary/aromatic N) is 3. The summed E-state index contributed by atoms with van der Waals surface area (Å²) in [5.41, 5.74) is 5.85. The van der Waals surface area contributed by atoms with Gasteiger partial charge in [0.15, 0.2) is 5.82 Å². The Balaban J connectivity index is 1.68. The Kier molecular flexibility index (Phi) is 4.70. The highest BCUT2D eigenvalue weighted by Gasteiger charge is 2.04. The molecule has 0 saturated carbocycles. The first-order valence-electron chi connectivity index (χ1n) is 7.93. The fourth-order valence-corrected chi connectivity index (χ4v) is 2.42. The standard InChI is InChI=1S/C19H21N5/c1-13-4-7-16(8-5-13)11-20-19-23-18(12-21-24-19)22-17-9-6-14(2)10-15(17)3/h4-10,12H,11H2,1-3H3,(H2,20,22,23,24). The summed E-state index contributed by atoms with van der Waals surface area (Å²) in [5.74, 6) is 1.17. The minimum Gasteiger partial charge on any atom is -0.349 e. The second-order valence-corrected chi connectivity index (χ2v) is 5.95. The monoisotopic (exact) mass is 319 g/mol. The van der Waals surface area contributed by atoms with E-state index in [1.807, 2.05) is 6.07 Å². The van der Waals surface area contributed by atoms with E-state index in [0.29, 0.717) is 18.3 Å². The highest BCUT2D eigenvalue weighted by Crippen LogP contribution is 2.20. The molecule has 0 fully saturated rings. The van der Waals surface area contributed by atoms with E-state index in [0.717, 1.165) is 5.69 Å². The van der Waals surface area contributed by atoms with Gasteiger partial charge in [0, 0.05) is 12.2 Å². The van der Waals surface area contributed by atoms with Gasteiger partial charge in [-0.3, -0.25) is 0 Å². The number of aryl methyl sites for hydroxylation is 3. The number of anilines is 3. The molecule has 2 N–H and O–H groups in total. The number of nitrogens with one attached hydrogen (secondary N) is 2. The van der Waals surface area contributed by atoms with Crippen LogP contribution in [-0.4, -0.2) is 15.2 Å². The first-order chi connectivity index (χ1) is 11.6. The van der Waals surface area contributed by atoms with Crippen LogP contribution in [0.1, 0.15) is 22.3 Å². The average molecular weight is 319 g/mol. The van der Waals surface area contributed by atoms with Crippen LogP contribution >= 0.6 is 0 Å². The molecule has 5 nitrogen and oxygen atoms in total. The second kappa shape index (κ2) is 7.08. The van der Waals surface area contributed by atoms with E-state index in [4.69, 9.17) is 0 Å². The maximum atomic E-state index is 4.47. The SMILES string of the molecule is Cc1ccc(CNc2nncc(Nc3ccc(C)cc3C)n2)cc1. The highest BCUT2D eigenvalue weighted by atomic mass is 15.3. The van der Waals surface area contributed by atoms with Crippen LogP contribution in [0.25, 0.3) is 0 Å². The van der Waals surface area contributed by atoms with Crippen molar-refractivity contribution in [2.24, 2.45) is 0 Å². The molecule has 0 spiro atoms. The van der Waals surface area contributed by atoms with E-state index in [2.05, 4.69) is 83.0 Å². The van der Waals surface area contributed by atoms with E-state index < -0.39 is 0 Å². The Morgan fingerprint density at radius 3 is 2.42 bits per heavy atom. The molecule has 24 heavy (non-hydrogen) atoms. The topological polar surface area (TPSA) is 62.7 Å². The Hall–Kier alpha value is -2.95. The maximum absolute atomic E-state index is 4.47. The molecule has 0 amide bonds. The zero-order valence-electron chi connectivity index (χ0n) is 14.2. The van der Waals surface area contributed by atoms with Gasteiger partial charge in [0.2, 0.25) is 5.95 Å². The predicted molar refractivity (Wildman–Crippen MR) is 97.5 cm³/mol. The van der Waals surface area contributed by atoms with Gasteiger partial charge < -0.3 is 10.6 Å². The van der Waals surface area contributed by atoms with Crippen molar-refractivity contribution >= 4 is 17.5 Å². The largest absolute Gasteiger partial charge is 0.349 e. The molecule has 1 aromatic heterocycles. The van der Waals surface area contributed by atoms with Crippen molar-refractivity contribution in [3.63, 3.8) is 0 Å². The molecule has 0 radical (unpaired) electrons. The quantitative estimate of drug-likeness (QED) is 0.739. The van der Waals surface area contributed by atoms with Gasteiger partial charge >= 0.3 is 0 Å². The molecule has 0 aliphatic carbocycles. The lowest BCUT2D eigenvalue weighted by molar-refractivity contribution is 0.948. The lowest BCUT2D eigenvalue weighted by Gasteiger charge is -2.10. The Bertz CT molecular complexity index is 827. The minimum atomic E-state index is 0.505. The molecule has 3 rings (SSSR count). The molecule has 0 aliphatic heterocycles. The van der Waals surface area contributed by atoms with Gasteiger partial charge in [-0.05, 0) is 38.0 Å². The van der Waals surface area contributed by atoms with Crippen molar-refractivity contribution in [1.82, 2.24) is 15.2 Å². The molecule has 0 bridgehead atoms. The third kappa shape index (κ3) is 4.07. The van der Waals surface area contributed by atoms with E-state index in [1.54, 1.807) is 6.20 Å². The van der Waals surface area contributed by atoms with Crippen LogP contribution in [0.5, 0.6) is 0 Å². The molecular weight excluding hydrogens is 298 g/mol. The zero-order chi connectivity index (χ0) is 16.9. The van der Waals surface area contributed by atoms with Crippen LogP contribution in [0.15, 0.2) is 48.7 Å². The third-order valence-electron chi connectivity index (χ3n) is 3.77. The van der Waals surface area contributed by atoms with Crippen LogP contribution in [0.2, 0.25) is 0 Å². The van der Waals surface area contributed by atoms with Gasteiger partial charge in [0.05, 0.1) is 6.20 Å². The van der Waals surface area contributed by atoms with Crippen molar-refractivity contribution in [3.8, 4) is 0 Å². The van der Waals surface area contributed by atoms with Crippen molar-refractivity contribution < 1.29 is 0 Å². The lowest BCUT2D eigenvalue weighted by Crippen LogP contribution is -2.06. The number of hydrogen-bond donors (Lipinski definition) is 2. The fourth-order valence-electron chi connectivity index (χ4n) is 2.42. The Labute approximate surface area is 142 Å². The normalized spacial score (nSPS) is 10.5. The van der Waals surface area contributed by atoms with Crippen molar-refractivity contribution in [3.05, 3.63) is 70.9 Å².